The quantitative estimate of drug-likeness (QED) is 0.833. The molecule has 1 aromatic rings. The summed E-state index contributed by atoms with van der Waals surface area (Å²) in [4.78, 5) is 23.7. The van der Waals surface area contributed by atoms with Crippen molar-refractivity contribution in [1.29, 1.82) is 0 Å². The van der Waals surface area contributed by atoms with Crippen molar-refractivity contribution < 1.29 is 23.5 Å². The Balaban J connectivity index is 2.13. The van der Waals surface area contributed by atoms with E-state index >= 15 is 0 Å². The van der Waals surface area contributed by atoms with Gasteiger partial charge in [-0.1, -0.05) is 31.7 Å². The van der Waals surface area contributed by atoms with Crippen LogP contribution in [0.25, 0.3) is 0 Å². The monoisotopic (exact) mass is 311 g/mol. The Labute approximate surface area is 127 Å². The second kappa shape index (κ2) is 6.85. The maximum absolute atomic E-state index is 13.5. The molecule has 1 aromatic carbocycles. The summed E-state index contributed by atoms with van der Waals surface area (Å²) in [5, 5.41) is 11.7. The fourth-order valence-corrected chi connectivity index (χ4v) is 2.98. The molecule has 0 saturated heterocycles. The van der Waals surface area contributed by atoms with Gasteiger partial charge in [-0.25, -0.2) is 8.78 Å². The molecule has 0 bridgehead atoms. The van der Waals surface area contributed by atoms with Gasteiger partial charge in [0.25, 0.3) is 0 Å². The van der Waals surface area contributed by atoms with Gasteiger partial charge in [-0.15, -0.1) is 0 Å². The zero-order valence-electron chi connectivity index (χ0n) is 12.2. The van der Waals surface area contributed by atoms with Crippen LogP contribution < -0.4 is 5.32 Å². The summed E-state index contributed by atoms with van der Waals surface area (Å²) >= 11 is 0. The lowest BCUT2D eigenvalue weighted by Gasteiger charge is -2.27. The molecule has 0 spiro atoms. The van der Waals surface area contributed by atoms with Crippen LogP contribution in [0, 0.1) is 17.0 Å². The molecule has 0 aromatic heterocycles. The van der Waals surface area contributed by atoms with Crippen LogP contribution in [0.15, 0.2) is 18.2 Å². The van der Waals surface area contributed by atoms with E-state index in [1.165, 1.54) is 6.07 Å². The summed E-state index contributed by atoms with van der Waals surface area (Å²) in [5.74, 6) is -3.44. The zero-order valence-corrected chi connectivity index (χ0v) is 12.2. The van der Waals surface area contributed by atoms with E-state index in [2.05, 4.69) is 5.32 Å². The molecule has 1 aliphatic carbocycles. The molecule has 2 N–H and O–H groups in total. The van der Waals surface area contributed by atoms with Crippen LogP contribution in [0.5, 0.6) is 0 Å². The highest BCUT2D eigenvalue weighted by molar-refractivity contribution is 5.94. The normalized spacial score (nSPS) is 17.5. The molecule has 120 valence electrons. The predicted octanol–water partition coefficient (Wildman–Crippen LogP) is 3.72. The third-order valence-corrected chi connectivity index (χ3v) is 4.24. The number of anilines is 1. The smallest absolute Gasteiger partial charge is 0.310 e. The van der Waals surface area contributed by atoms with Gasteiger partial charge in [0, 0.05) is 6.42 Å². The molecule has 1 fully saturated rings. The number of carboxylic acid groups (broad SMARTS) is 1. The molecule has 1 amide bonds. The molecule has 1 saturated carbocycles. The molecule has 1 aliphatic rings. The number of amides is 1. The number of hydrogen-bond acceptors (Lipinski definition) is 2. The van der Waals surface area contributed by atoms with Crippen molar-refractivity contribution in [1.82, 2.24) is 0 Å². The van der Waals surface area contributed by atoms with E-state index in [0.717, 1.165) is 37.8 Å². The van der Waals surface area contributed by atoms with Crippen molar-refractivity contribution in [2.45, 2.75) is 44.9 Å². The minimum absolute atomic E-state index is 0.268. The van der Waals surface area contributed by atoms with Crippen LogP contribution in [-0.2, 0) is 9.59 Å². The lowest BCUT2D eigenvalue weighted by Crippen LogP contribution is -2.35. The average molecular weight is 311 g/mol. The highest BCUT2D eigenvalue weighted by atomic mass is 19.1. The van der Waals surface area contributed by atoms with Gasteiger partial charge in [0.05, 0.1) is 5.41 Å². The molecule has 22 heavy (non-hydrogen) atoms. The number of hydrogen-bond donors (Lipinski definition) is 2. The molecule has 0 unspecified atom stereocenters. The number of carbonyl (C=O) groups is 2. The molecule has 2 rings (SSSR count). The summed E-state index contributed by atoms with van der Waals surface area (Å²) in [7, 11) is 0. The lowest BCUT2D eigenvalue weighted by atomic mass is 9.77. The fourth-order valence-electron chi connectivity index (χ4n) is 2.98. The molecule has 4 nitrogen and oxygen atoms in total. The highest BCUT2D eigenvalue weighted by Gasteiger charge is 2.40. The number of halogens is 2. The van der Waals surface area contributed by atoms with Gasteiger partial charge in [-0.3, -0.25) is 9.59 Å². The number of para-hydroxylation sites is 1. The van der Waals surface area contributed by atoms with Crippen LogP contribution in [-0.4, -0.2) is 17.0 Å². The lowest BCUT2D eigenvalue weighted by molar-refractivity contribution is -0.152. The van der Waals surface area contributed by atoms with Crippen molar-refractivity contribution >= 4 is 17.6 Å². The van der Waals surface area contributed by atoms with Crippen LogP contribution in [0.4, 0.5) is 14.5 Å². The number of benzene rings is 1. The van der Waals surface area contributed by atoms with Crippen LogP contribution in [0.3, 0.4) is 0 Å². The van der Waals surface area contributed by atoms with E-state index in [1.807, 2.05) is 0 Å². The number of nitrogens with one attached hydrogen (secondary N) is 1. The minimum Gasteiger partial charge on any atom is -0.481 e. The summed E-state index contributed by atoms with van der Waals surface area (Å²) < 4.78 is 27.1. The van der Waals surface area contributed by atoms with Crippen molar-refractivity contribution in [3.8, 4) is 0 Å². The van der Waals surface area contributed by atoms with E-state index in [4.69, 9.17) is 0 Å². The van der Waals surface area contributed by atoms with Gasteiger partial charge < -0.3 is 10.4 Å². The Morgan fingerprint density at radius 2 is 1.64 bits per heavy atom. The first kappa shape index (κ1) is 16.4. The topological polar surface area (TPSA) is 66.4 Å². The minimum atomic E-state index is -1.14. The Morgan fingerprint density at radius 3 is 2.14 bits per heavy atom. The number of carboxylic acids is 1. The zero-order chi connectivity index (χ0) is 16.2. The van der Waals surface area contributed by atoms with E-state index in [-0.39, 0.29) is 6.42 Å². The molecular weight excluding hydrogens is 292 g/mol. The maximum Gasteiger partial charge on any atom is 0.310 e. The average Bonchev–Trinajstić information content (AvgIpc) is 2.69. The third-order valence-electron chi connectivity index (χ3n) is 4.24. The van der Waals surface area contributed by atoms with Crippen molar-refractivity contribution in [2.24, 2.45) is 5.41 Å². The summed E-state index contributed by atoms with van der Waals surface area (Å²) in [5.41, 5.74) is -1.66. The van der Waals surface area contributed by atoms with E-state index in [1.54, 1.807) is 0 Å². The van der Waals surface area contributed by atoms with Gasteiger partial charge in [-0.2, -0.15) is 0 Å². The number of rotatable bonds is 4. The van der Waals surface area contributed by atoms with E-state index < -0.39 is 34.6 Å². The van der Waals surface area contributed by atoms with Crippen molar-refractivity contribution in [2.75, 3.05) is 5.32 Å². The highest BCUT2D eigenvalue weighted by Crippen LogP contribution is 2.38. The van der Waals surface area contributed by atoms with Crippen LogP contribution in [0.1, 0.15) is 44.9 Å². The third kappa shape index (κ3) is 3.61. The molecule has 6 heteroatoms. The molecule has 0 heterocycles. The first-order valence-electron chi connectivity index (χ1n) is 7.42. The van der Waals surface area contributed by atoms with Gasteiger partial charge in [0.2, 0.25) is 5.91 Å². The van der Waals surface area contributed by atoms with E-state index in [0.29, 0.717) is 12.8 Å². The van der Waals surface area contributed by atoms with Crippen LogP contribution in [0.2, 0.25) is 0 Å². The molecule has 0 radical (unpaired) electrons. The summed E-state index contributed by atoms with van der Waals surface area (Å²) in [6.07, 6.45) is 3.93. The molecular formula is C16H19F2NO3. The van der Waals surface area contributed by atoms with Crippen molar-refractivity contribution in [3.63, 3.8) is 0 Å². The maximum atomic E-state index is 13.5. The Kier molecular flexibility index (Phi) is 5.11. The summed E-state index contributed by atoms with van der Waals surface area (Å²) in [6.45, 7) is 0. The second-order valence-corrected chi connectivity index (χ2v) is 5.82. The SMILES string of the molecule is O=C(CC1(C(=O)O)CCCCCC1)Nc1c(F)cccc1F. The number of aliphatic carboxylic acids is 1. The van der Waals surface area contributed by atoms with Gasteiger partial charge in [-0.05, 0) is 25.0 Å². The van der Waals surface area contributed by atoms with Gasteiger partial charge >= 0.3 is 5.97 Å². The Hall–Kier alpha value is -1.98. The number of carbonyl (C=O) groups excluding carboxylic acids is 1. The van der Waals surface area contributed by atoms with Crippen molar-refractivity contribution in [3.05, 3.63) is 29.8 Å². The van der Waals surface area contributed by atoms with Gasteiger partial charge in [0.15, 0.2) is 0 Å². The standard InChI is InChI=1S/C16H19F2NO3/c17-11-6-5-7-12(18)14(11)19-13(20)10-16(15(21)22)8-3-1-2-4-9-16/h5-7H,1-4,8-10H2,(H,19,20)(H,21,22). The summed E-state index contributed by atoms with van der Waals surface area (Å²) in [6, 6.07) is 3.28. The second-order valence-electron chi connectivity index (χ2n) is 5.82. The predicted molar refractivity (Wildman–Crippen MR) is 77.4 cm³/mol. The molecule has 0 aliphatic heterocycles. The van der Waals surface area contributed by atoms with Crippen LogP contribution >= 0.6 is 0 Å². The first-order chi connectivity index (χ1) is 10.4. The van der Waals surface area contributed by atoms with E-state index in [9.17, 15) is 23.5 Å². The molecule has 0 atom stereocenters. The first-order valence-corrected chi connectivity index (χ1v) is 7.42. The Morgan fingerprint density at radius 1 is 1.09 bits per heavy atom. The Bertz CT molecular complexity index is 546. The fraction of sp³-hybridized carbons (Fsp3) is 0.500. The largest absolute Gasteiger partial charge is 0.481 e. The van der Waals surface area contributed by atoms with Gasteiger partial charge in [0.1, 0.15) is 17.3 Å².